The molecule has 0 aromatic heterocycles. The predicted octanol–water partition coefficient (Wildman–Crippen LogP) is 3.14. The number of hydrogen-bond acceptors (Lipinski definition) is 1. The summed E-state index contributed by atoms with van der Waals surface area (Å²) in [4.78, 5) is 11.1. The van der Waals surface area contributed by atoms with Crippen LogP contribution < -0.4 is 0 Å². The van der Waals surface area contributed by atoms with Gasteiger partial charge in [0, 0.05) is 0 Å². The summed E-state index contributed by atoms with van der Waals surface area (Å²) in [5.74, 6) is -12.1. The molecule has 0 N–H and O–H groups in total. The molecule has 6 heteroatoms. The van der Waals surface area contributed by atoms with Crippen molar-refractivity contribution in [2.24, 2.45) is 0 Å². The third-order valence-corrected chi connectivity index (χ3v) is 1.77. The number of allylic oxidation sites excluding steroid dienone is 2. The lowest BCUT2D eigenvalue weighted by atomic mass is 10.1. The van der Waals surface area contributed by atoms with Crippen LogP contribution in [-0.2, 0) is 0 Å². The highest BCUT2D eigenvalue weighted by Gasteiger charge is 2.28. The summed E-state index contributed by atoms with van der Waals surface area (Å²) < 4.78 is 63.9. The van der Waals surface area contributed by atoms with Gasteiger partial charge >= 0.3 is 0 Å². The van der Waals surface area contributed by atoms with Crippen molar-refractivity contribution < 1.29 is 26.7 Å². The van der Waals surface area contributed by atoms with Crippen LogP contribution in [0.5, 0.6) is 0 Å². The van der Waals surface area contributed by atoms with Crippen molar-refractivity contribution in [3.05, 3.63) is 46.8 Å². The van der Waals surface area contributed by atoms with E-state index in [-0.39, 0.29) is 0 Å². The minimum atomic E-state index is -2.29. The Morgan fingerprint density at radius 2 is 1.25 bits per heavy atom. The number of hydrogen-bond donors (Lipinski definition) is 0. The maximum atomic E-state index is 13.0. The lowest BCUT2D eigenvalue weighted by Crippen LogP contribution is -2.11. The van der Waals surface area contributed by atoms with E-state index >= 15 is 0 Å². The predicted molar refractivity (Wildman–Crippen MR) is 45.4 cm³/mol. The Kier molecular flexibility index (Phi) is 3.41. The zero-order valence-electron chi connectivity index (χ0n) is 7.95. The molecule has 0 saturated heterocycles. The van der Waals surface area contributed by atoms with E-state index in [1.165, 1.54) is 6.92 Å². The van der Waals surface area contributed by atoms with Gasteiger partial charge in [0.05, 0.1) is 5.56 Å². The molecule has 0 radical (unpaired) electrons. The van der Waals surface area contributed by atoms with Gasteiger partial charge in [0.25, 0.3) is 0 Å². The molecule has 86 valence electrons. The van der Waals surface area contributed by atoms with E-state index in [1.807, 2.05) is 0 Å². The third-order valence-electron chi connectivity index (χ3n) is 1.77. The first kappa shape index (κ1) is 12.4. The Balaban J connectivity index is 3.58. The van der Waals surface area contributed by atoms with E-state index in [0.717, 1.165) is 6.08 Å². The zero-order chi connectivity index (χ0) is 12.5. The van der Waals surface area contributed by atoms with E-state index < -0.39 is 40.4 Å². The topological polar surface area (TPSA) is 17.1 Å². The first-order chi connectivity index (χ1) is 7.41. The number of benzene rings is 1. The normalized spacial score (nSPS) is 11.1. The summed E-state index contributed by atoms with van der Waals surface area (Å²) in [5.41, 5.74) is -1.45. The highest BCUT2D eigenvalue weighted by atomic mass is 19.2. The Bertz CT molecular complexity index is 450. The minimum absolute atomic E-state index is 0.707. The summed E-state index contributed by atoms with van der Waals surface area (Å²) in [7, 11) is 0. The molecular formula is C10H5F5O. The monoisotopic (exact) mass is 236 g/mol. The van der Waals surface area contributed by atoms with E-state index in [4.69, 9.17) is 0 Å². The van der Waals surface area contributed by atoms with Crippen LogP contribution in [0.2, 0.25) is 0 Å². The molecule has 0 aliphatic heterocycles. The van der Waals surface area contributed by atoms with Crippen molar-refractivity contribution in [2.75, 3.05) is 0 Å². The van der Waals surface area contributed by atoms with Gasteiger partial charge < -0.3 is 0 Å². The van der Waals surface area contributed by atoms with Crippen molar-refractivity contribution in [2.45, 2.75) is 6.92 Å². The van der Waals surface area contributed by atoms with Crippen molar-refractivity contribution in [3.63, 3.8) is 0 Å². The third kappa shape index (κ3) is 1.82. The molecule has 1 rings (SSSR count). The molecule has 0 aliphatic rings. The van der Waals surface area contributed by atoms with Gasteiger partial charge in [0.1, 0.15) is 0 Å². The fraction of sp³-hybridized carbons (Fsp3) is 0.100. The average Bonchev–Trinajstić information content (AvgIpc) is 2.24. The largest absolute Gasteiger partial charge is 0.289 e. The van der Waals surface area contributed by atoms with Crippen LogP contribution in [0.15, 0.2) is 12.2 Å². The second kappa shape index (κ2) is 4.42. The highest BCUT2D eigenvalue weighted by molar-refractivity contribution is 6.04. The fourth-order valence-electron chi connectivity index (χ4n) is 1.06. The highest BCUT2D eigenvalue weighted by Crippen LogP contribution is 2.23. The van der Waals surface area contributed by atoms with E-state index in [0.29, 0.717) is 6.08 Å². The molecule has 0 spiro atoms. The molecule has 1 aromatic carbocycles. The molecule has 0 amide bonds. The Morgan fingerprint density at radius 1 is 0.875 bits per heavy atom. The molecule has 1 nitrogen and oxygen atoms in total. The number of rotatable bonds is 2. The maximum absolute atomic E-state index is 13.0. The minimum Gasteiger partial charge on any atom is -0.289 e. The van der Waals surface area contributed by atoms with Gasteiger partial charge in [-0.15, -0.1) is 0 Å². The van der Waals surface area contributed by atoms with Crippen LogP contribution in [0.3, 0.4) is 0 Å². The number of ketones is 1. The Hall–Kier alpha value is -1.72. The molecule has 16 heavy (non-hydrogen) atoms. The Morgan fingerprint density at radius 3 is 1.62 bits per heavy atom. The summed E-state index contributed by atoms with van der Waals surface area (Å²) >= 11 is 0. The molecule has 1 aromatic rings. The van der Waals surface area contributed by atoms with E-state index in [2.05, 4.69) is 0 Å². The van der Waals surface area contributed by atoms with E-state index in [9.17, 15) is 26.7 Å². The van der Waals surface area contributed by atoms with Crippen LogP contribution in [0.1, 0.15) is 17.3 Å². The van der Waals surface area contributed by atoms with Gasteiger partial charge in [0.15, 0.2) is 29.1 Å². The number of carbonyl (C=O) groups is 1. The van der Waals surface area contributed by atoms with Gasteiger partial charge in [-0.25, -0.2) is 22.0 Å². The molecule has 0 aliphatic carbocycles. The van der Waals surface area contributed by atoms with Crippen LogP contribution >= 0.6 is 0 Å². The lowest BCUT2D eigenvalue weighted by Gasteiger charge is -2.04. The molecule has 0 unspecified atom stereocenters. The summed E-state index contributed by atoms with van der Waals surface area (Å²) in [6, 6.07) is 0. The van der Waals surface area contributed by atoms with Crippen molar-refractivity contribution >= 4 is 5.78 Å². The molecule has 0 saturated carbocycles. The average molecular weight is 236 g/mol. The van der Waals surface area contributed by atoms with Crippen LogP contribution in [0.25, 0.3) is 0 Å². The van der Waals surface area contributed by atoms with Crippen molar-refractivity contribution in [1.29, 1.82) is 0 Å². The first-order valence-corrected chi connectivity index (χ1v) is 4.10. The van der Waals surface area contributed by atoms with Gasteiger partial charge in [-0.05, 0) is 13.0 Å². The SMILES string of the molecule is C/C=C/C(=O)c1c(F)c(F)c(F)c(F)c1F. The number of halogens is 5. The first-order valence-electron chi connectivity index (χ1n) is 4.10. The van der Waals surface area contributed by atoms with Crippen LogP contribution in [0, 0.1) is 29.1 Å². The van der Waals surface area contributed by atoms with Crippen LogP contribution in [0.4, 0.5) is 22.0 Å². The second-order valence-electron chi connectivity index (χ2n) is 2.81. The smallest absolute Gasteiger partial charge is 0.200 e. The maximum Gasteiger partial charge on any atom is 0.200 e. The summed E-state index contributed by atoms with van der Waals surface area (Å²) in [6.07, 6.45) is 1.83. The van der Waals surface area contributed by atoms with Gasteiger partial charge in [-0.1, -0.05) is 6.08 Å². The van der Waals surface area contributed by atoms with Crippen molar-refractivity contribution in [3.8, 4) is 0 Å². The summed E-state index contributed by atoms with van der Waals surface area (Å²) in [6.45, 7) is 1.37. The van der Waals surface area contributed by atoms with Crippen LogP contribution in [-0.4, -0.2) is 5.78 Å². The van der Waals surface area contributed by atoms with Gasteiger partial charge in [0.2, 0.25) is 5.82 Å². The van der Waals surface area contributed by atoms with Gasteiger partial charge in [-0.2, -0.15) is 0 Å². The zero-order valence-corrected chi connectivity index (χ0v) is 7.95. The lowest BCUT2D eigenvalue weighted by molar-refractivity contribution is 0.103. The number of carbonyl (C=O) groups excluding carboxylic acids is 1. The van der Waals surface area contributed by atoms with E-state index in [1.54, 1.807) is 0 Å². The van der Waals surface area contributed by atoms with Crippen molar-refractivity contribution in [1.82, 2.24) is 0 Å². The second-order valence-corrected chi connectivity index (χ2v) is 2.81. The molecular weight excluding hydrogens is 231 g/mol. The molecule has 0 bridgehead atoms. The Labute approximate surface area is 87.2 Å². The standard InChI is InChI=1S/C10H5F5O/c1-2-3-4(16)5-6(11)8(13)10(15)9(14)7(5)12/h2-3H,1H3/b3-2+. The molecule has 0 heterocycles. The van der Waals surface area contributed by atoms with Gasteiger partial charge in [-0.3, -0.25) is 4.79 Å². The quantitative estimate of drug-likeness (QED) is 0.253. The fourth-order valence-corrected chi connectivity index (χ4v) is 1.06. The summed E-state index contributed by atoms with van der Waals surface area (Å²) in [5, 5.41) is 0. The molecule has 0 fully saturated rings. The molecule has 0 atom stereocenters.